The lowest BCUT2D eigenvalue weighted by molar-refractivity contribution is 0.287. The summed E-state index contributed by atoms with van der Waals surface area (Å²) < 4.78 is 30.3. The highest BCUT2D eigenvalue weighted by atomic mass is 19.1. The van der Waals surface area contributed by atoms with Gasteiger partial charge in [-0.2, -0.15) is 0 Å². The van der Waals surface area contributed by atoms with Gasteiger partial charge in [0.2, 0.25) is 0 Å². The Labute approximate surface area is 79.4 Å². The molecule has 0 heterocycles. The Kier molecular flexibility index (Phi) is 3.21. The van der Waals surface area contributed by atoms with Crippen LogP contribution >= 0.6 is 0 Å². The third-order valence-corrected chi connectivity index (χ3v) is 1.50. The van der Waals surface area contributed by atoms with Crippen molar-refractivity contribution in [2.75, 3.05) is 0 Å². The van der Waals surface area contributed by atoms with Gasteiger partial charge in [-0.1, -0.05) is 12.7 Å². The molecule has 0 atom stereocenters. The first kappa shape index (κ1) is 10.7. The first-order valence-electron chi connectivity index (χ1n) is 3.69. The van der Waals surface area contributed by atoms with Gasteiger partial charge >= 0.3 is 7.32 Å². The summed E-state index contributed by atoms with van der Waals surface area (Å²) in [6.07, 6.45) is 1.02. The minimum atomic E-state index is -2.11. The van der Waals surface area contributed by atoms with Crippen molar-refractivity contribution in [2.45, 2.75) is 0 Å². The molecule has 1 aromatic carbocycles. The van der Waals surface area contributed by atoms with Crippen LogP contribution in [0.25, 0.3) is 6.08 Å². The van der Waals surface area contributed by atoms with Crippen LogP contribution in [0.1, 0.15) is 5.56 Å². The molecule has 0 bridgehead atoms. The zero-order valence-electron chi connectivity index (χ0n) is 7.08. The molecule has 0 aliphatic heterocycles. The second kappa shape index (κ2) is 4.21. The molecule has 2 N–H and O–H groups in total. The molecular weight excluding hydrogens is 193 g/mol. The van der Waals surface area contributed by atoms with Crippen LogP contribution in [-0.2, 0) is 0 Å². The van der Waals surface area contributed by atoms with Crippen molar-refractivity contribution in [1.82, 2.24) is 0 Å². The van der Waals surface area contributed by atoms with Crippen LogP contribution < -0.4 is 4.65 Å². The molecule has 1 aromatic rings. The lowest BCUT2D eigenvalue weighted by Gasteiger charge is -2.06. The van der Waals surface area contributed by atoms with E-state index >= 15 is 0 Å². The molecule has 0 radical (unpaired) electrons. The van der Waals surface area contributed by atoms with E-state index in [0.717, 1.165) is 18.2 Å². The van der Waals surface area contributed by atoms with Gasteiger partial charge in [0.25, 0.3) is 0 Å². The Morgan fingerprint density at radius 2 is 1.79 bits per heavy atom. The molecule has 0 saturated carbocycles. The van der Waals surface area contributed by atoms with Crippen molar-refractivity contribution in [3.05, 3.63) is 35.9 Å². The number of hydrogen-bond donors (Lipinski definition) is 2. The molecule has 0 aliphatic carbocycles. The van der Waals surface area contributed by atoms with Gasteiger partial charge in [0.05, 0.1) is 0 Å². The topological polar surface area (TPSA) is 49.7 Å². The summed E-state index contributed by atoms with van der Waals surface area (Å²) in [5.41, 5.74) is -0.287. The Hall–Kier alpha value is -1.40. The van der Waals surface area contributed by atoms with Gasteiger partial charge < -0.3 is 14.7 Å². The second-order valence-electron chi connectivity index (χ2n) is 2.45. The first-order valence-corrected chi connectivity index (χ1v) is 3.69. The van der Waals surface area contributed by atoms with Crippen LogP contribution in [0.4, 0.5) is 8.78 Å². The lowest BCUT2D eigenvalue weighted by atomic mass is 10.1. The summed E-state index contributed by atoms with van der Waals surface area (Å²) in [4.78, 5) is 0. The fourth-order valence-corrected chi connectivity index (χ4v) is 0.946. The van der Waals surface area contributed by atoms with E-state index in [2.05, 4.69) is 11.2 Å². The summed E-state index contributed by atoms with van der Waals surface area (Å²) in [6, 6.07) is 1.67. The number of rotatable bonds is 3. The van der Waals surface area contributed by atoms with Crippen molar-refractivity contribution in [3.63, 3.8) is 0 Å². The van der Waals surface area contributed by atoms with Crippen molar-refractivity contribution in [3.8, 4) is 5.75 Å². The number of halogens is 2. The molecule has 0 amide bonds. The first-order chi connectivity index (χ1) is 6.54. The zero-order valence-corrected chi connectivity index (χ0v) is 7.08. The average Bonchev–Trinajstić information content (AvgIpc) is 2.01. The van der Waals surface area contributed by atoms with Crippen LogP contribution in [0.3, 0.4) is 0 Å². The SMILES string of the molecule is C=Cc1c(F)cc(OB(O)O)cc1F. The predicted molar refractivity (Wildman–Crippen MR) is 47.3 cm³/mol. The second-order valence-corrected chi connectivity index (χ2v) is 2.45. The van der Waals surface area contributed by atoms with Gasteiger partial charge in [0.1, 0.15) is 17.4 Å². The molecule has 0 fully saturated rings. The Morgan fingerprint density at radius 1 is 1.29 bits per heavy atom. The van der Waals surface area contributed by atoms with Gasteiger partial charge in [0, 0.05) is 17.7 Å². The van der Waals surface area contributed by atoms with Gasteiger partial charge in [-0.25, -0.2) is 8.78 Å². The normalized spacial score (nSPS) is 9.71. The van der Waals surface area contributed by atoms with Crippen LogP contribution in [0.5, 0.6) is 5.75 Å². The van der Waals surface area contributed by atoms with Crippen LogP contribution in [0.2, 0.25) is 0 Å². The Bertz CT molecular complexity index is 331. The van der Waals surface area contributed by atoms with E-state index < -0.39 is 19.0 Å². The van der Waals surface area contributed by atoms with E-state index in [1.54, 1.807) is 0 Å². The van der Waals surface area contributed by atoms with Crippen molar-refractivity contribution in [2.24, 2.45) is 0 Å². The molecule has 0 spiro atoms. The van der Waals surface area contributed by atoms with Crippen LogP contribution in [0, 0.1) is 11.6 Å². The molecule has 14 heavy (non-hydrogen) atoms. The van der Waals surface area contributed by atoms with Crippen LogP contribution in [-0.4, -0.2) is 17.4 Å². The van der Waals surface area contributed by atoms with E-state index in [1.165, 1.54) is 0 Å². The standard InChI is InChI=1S/C8H7BF2O3/c1-2-6-7(10)3-5(4-8(6)11)14-9(12)13/h2-4,12-13H,1H2. The van der Waals surface area contributed by atoms with E-state index in [1.807, 2.05) is 0 Å². The highest BCUT2D eigenvalue weighted by Crippen LogP contribution is 2.21. The van der Waals surface area contributed by atoms with Crippen molar-refractivity contribution < 1.29 is 23.5 Å². The highest BCUT2D eigenvalue weighted by Gasteiger charge is 2.14. The maximum absolute atomic E-state index is 13.0. The van der Waals surface area contributed by atoms with E-state index in [0.29, 0.717) is 0 Å². The molecule has 3 nitrogen and oxygen atoms in total. The summed E-state index contributed by atoms with van der Waals surface area (Å²) in [6.45, 7) is 3.22. The smallest absolute Gasteiger partial charge is 0.512 e. The molecule has 0 saturated heterocycles. The Balaban J connectivity index is 3.07. The maximum Gasteiger partial charge on any atom is 0.707 e. The third-order valence-electron chi connectivity index (χ3n) is 1.50. The molecule has 0 unspecified atom stereocenters. The summed E-state index contributed by atoms with van der Waals surface area (Å²) in [5.74, 6) is -2.06. The largest absolute Gasteiger partial charge is 0.707 e. The zero-order chi connectivity index (χ0) is 10.7. The number of hydrogen-bond acceptors (Lipinski definition) is 3. The monoisotopic (exact) mass is 200 g/mol. The maximum atomic E-state index is 13.0. The third kappa shape index (κ3) is 2.30. The Morgan fingerprint density at radius 3 is 2.14 bits per heavy atom. The van der Waals surface area contributed by atoms with Gasteiger partial charge in [-0.05, 0) is 0 Å². The van der Waals surface area contributed by atoms with Gasteiger partial charge in [0.15, 0.2) is 0 Å². The van der Waals surface area contributed by atoms with Crippen LogP contribution in [0.15, 0.2) is 18.7 Å². The van der Waals surface area contributed by atoms with E-state index in [9.17, 15) is 8.78 Å². The lowest BCUT2D eigenvalue weighted by Crippen LogP contribution is -2.20. The molecule has 0 aliphatic rings. The van der Waals surface area contributed by atoms with Crippen molar-refractivity contribution >= 4 is 13.4 Å². The minimum absolute atomic E-state index is 0.287. The van der Waals surface area contributed by atoms with Gasteiger partial charge in [-0.3, -0.25) is 0 Å². The molecular formula is C8H7BF2O3. The molecule has 6 heteroatoms. The summed E-state index contributed by atoms with van der Waals surface area (Å²) in [7, 11) is -2.11. The summed E-state index contributed by atoms with van der Waals surface area (Å²) in [5, 5.41) is 16.8. The van der Waals surface area contributed by atoms with E-state index in [-0.39, 0.29) is 11.3 Å². The van der Waals surface area contributed by atoms with Crippen molar-refractivity contribution in [1.29, 1.82) is 0 Å². The summed E-state index contributed by atoms with van der Waals surface area (Å²) >= 11 is 0. The molecule has 74 valence electrons. The fourth-order valence-electron chi connectivity index (χ4n) is 0.946. The van der Waals surface area contributed by atoms with Gasteiger partial charge in [-0.15, -0.1) is 0 Å². The fraction of sp³-hybridized carbons (Fsp3) is 0. The minimum Gasteiger partial charge on any atom is -0.512 e. The quantitative estimate of drug-likeness (QED) is 0.714. The predicted octanol–water partition coefficient (Wildman–Crippen LogP) is 0.956. The molecule has 1 rings (SSSR count). The molecule has 0 aromatic heterocycles. The van der Waals surface area contributed by atoms with E-state index in [4.69, 9.17) is 10.0 Å². The number of benzene rings is 1. The average molecular weight is 200 g/mol. The highest BCUT2D eigenvalue weighted by molar-refractivity contribution is 6.33.